The highest BCUT2D eigenvalue weighted by molar-refractivity contribution is 14.0. The highest BCUT2D eigenvalue weighted by Gasteiger charge is 2.06. The Hall–Kier alpha value is -1.39. The minimum Gasteiger partial charge on any atom is -0.383 e. The van der Waals surface area contributed by atoms with Crippen LogP contribution in [0.25, 0.3) is 0 Å². The summed E-state index contributed by atoms with van der Waals surface area (Å²) < 4.78 is 5.03. The highest BCUT2D eigenvalue weighted by Crippen LogP contribution is 2.06. The van der Waals surface area contributed by atoms with Crippen molar-refractivity contribution in [3.8, 4) is 0 Å². The molecule has 0 aliphatic heterocycles. The van der Waals surface area contributed by atoms with Gasteiger partial charge < -0.3 is 25.6 Å². The molecule has 0 aromatic heterocycles. The zero-order chi connectivity index (χ0) is 18.5. The van der Waals surface area contributed by atoms with Gasteiger partial charge in [-0.2, -0.15) is 0 Å². The summed E-state index contributed by atoms with van der Waals surface area (Å²) in [4.78, 5) is 18.8. The second-order valence-electron chi connectivity index (χ2n) is 5.87. The van der Waals surface area contributed by atoms with E-state index in [0.717, 1.165) is 24.6 Å². The third-order valence-electron chi connectivity index (χ3n) is 3.40. The van der Waals surface area contributed by atoms with Crippen LogP contribution >= 0.6 is 24.0 Å². The predicted octanol–water partition coefficient (Wildman–Crippen LogP) is 1.30. The van der Waals surface area contributed by atoms with Gasteiger partial charge in [0.15, 0.2) is 5.96 Å². The van der Waals surface area contributed by atoms with Gasteiger partial charge in [0.25, 0.3) is 5.91 Å². The molecule has 0 aliphatic carbocycles. The Labute approximate surface area is 174 Å². The van der Waals surface area contributed by atoms with Crippen LogP contribution in [-0.2, 0) is 11.3 Å². The summed E-state index contributed by atoms with van der Waals surface area (Å²) in [5.41, 5.74) is 1.65. The first-order valence-corrected chi connectivity index (χ1v) is 8.59. The molecule has 0 heterocycles. The molecule has 0 fully saturated rings. The number of methoxy groups -OCH3 is 1. The minimum atomic E-state index is -0.0576. The molecule has 0 unspecified atom stereocenters. The van der Waals surface area contributed by atoms with Crippen molar-refractivity contribution in [3.63, 3.8) is 0 Å². The monoisotopic (exact) mass is 477 g/mol. The molecule has 8 heteroatoms. The third-order valence-corrected chi connectivity index (χ3v) is 3.40. The van der Waals surface area contributed by atoms with Gasteiger partial charge in [-0.15, -0.1) is 24.0 Å². The second kappa shape index (κ2) is 14.7. The Morgan fingerprint density at radius 1 is 1.19 bits per heavy atom. The van der Waals surface area contributed by atoms with Crippen LogP contribution in [0.1, 0.15) is 22.8 Å². The quantitative estimate of drug-likeness (QED) is 0.205. The largest absolute Gasteiger partial charge is 0.383 e. The zero-order valence-electron chi connectivity index (χ0n) is 16.2. The molecule has 1 aromatic rings. The molecule has 0 saturated carbocycles. The SMILES string of the molecule is CCNC(=NCc1cccc(C(=O)NCCN(C)C)c1)NCCOC.I. The van der Waals surface area contributed by atoms with Gasteiger partial charge >= 0.3 is 0 Å². The van der Waals surface area contributed by atoms with E-state index in [-0.39, 0.29) is 29.9 Å². The number of ether oxygens (including phenoxy) is 1. The molecule has 148 valence electrons. The summed E-state index contributed by atoms with van der Waals surface area (Å²) in [5.74, 6) is 0.679. The number of guanidine groups is 1. The summed E-state index contributed by atoms with van der Waals surface area (Å²) in [6.07, 6.45) is 0. The van der Waals surface area contributed by atoms with Crippen LogP contribution in [0.5, 0.6) is 0 Å². The summed E-state index contributed by atoms with van der Waals surface area (Å²) in [7, 11) is 5.63. The standard InChI is InChI=1S/C18H31N5O2.HI/c1-5-19-18(21-10-12-25-4)22-14-15-7-6-8-16(13-15)17(24)20-9-11-23(2)3;/h6-8,13H,5,9-12,14H2,1-4H3,(H,20,24)(H2,19,21,22);1H. The predicted molar refractivity (Wildman–Crippen MR) is 117 cm³/mol. The minimum absolute atomic E-state index is 0. The van der Waals surface area contributed by atoms with Crippen LogP contribution in [0.2, 0.25) is 0 Å². The van der Waals surface area contributed by atoms with E-state index in [1.54, 1.807) is 7.11 Å². The molecular formula is C18H32IN5O2. The van der Waals surface area contributed by atoms with Gasteiger partial charge in [-0.3, -0.25) is 4.79 Å². The molecule has 3 N–H and O–H groups in total. The van der Waals surface area contributed by atoms with Crippen LogP contribution in [0.3, 0.4) is 0 Å². The number of likely N-dealkylation sites (N-methyl/N-ethyl adjacent to an activating group) is 1. The van der Waals surface area contributed by atoms with Crippen molar-refractivity contribution < 1.29 is 9.53 Å². The first kappa shape index (κ1) is 24.6. The fraction of sp³-hybridized carbons (Fsp3) is 0.556. The molecule has 0 aliphatic rings. The topological polar surface area (TPSA) is 78.0 Å². The average molecular weight is 477 g/mol. The molecule has 26 heavy (non-hydrogen) atoms. The zero-order valence-corrected chi connectivity index (χ0v) is 18.5. The van der Waals surface area contributed by atoms with Crippen LogP contribution < -0.4 is 16.0 Å². The molecule has 1 amide bonds. The van der Waals surface area contributed by atoms with Crippen LogP contribution in [0.4, 0.5) is 0 Å². The lowest BCUT2D eigenvalue weighted by molar-refractivity contribution is 0.0951. The molecule has 0 radical (unpaired) electrons. The summed E-state index contributed by atoms with van der Waals surface area (Å²) in [6, 6.07) is 7.56. The van der Waals surface area contributed by atoms with Crippen molar-refractivity contribution in [1.29, 1.82) is 0 Å². The van der Waals surface area contributed by atoms with E-state index in [4.69, 9.17) is 4.74 Å². The number of carbonyl (C=O) groups is 1. The van der Waals surface area contributed by atoms with Gasteiger partial charge in [0.1, 0.15) is 0 Å². The molecule has 7 nitrogen and oxygen atoms in total. The first-order chi connectivity index (χ1) is 12.1. The molecule has 0 bridgehead atoms. The van der Waals surface area contributed by atoms with Gasteiger partial charge in [-0.1, -0.05) is 12.1 Å². The number of halogens is 1. The van der Waals surface area contributed by atoms with Crippen molar-refractivity contribution in [2.24, 2.45) is 4.99 Å². The first-order valence-electron chi connectivity index (χ1n) is 8.59. The van der Waals surface area contributed by atoms with Gasteiger partial charge in [-0.25, -0.2) is 4.99 Å². The number of amides is 1. The van der Waals surface area contributed by atoms with Crippen LogP contribution in [-0.4, -0.2) is 70.8 Å². The molecule has 1 rings (SSSR count). The van der Waals surface area contributed by atoms with Crippen LogP contribution in [0.15, 0.2) is 29.3 Å². The number of carbonyl (C=O) groups excluding carboxylic acids is 1. The molecular weight excluding hydrogens is 445 g/mol. The molecule has 1 aromatic carbocycles. The van der Waals surface area contributed by atoms with Gasteiger partial charge in [0.2, 0.25) is 0 Å². The van der Waals surface area contributed by atoms with Crippen molar-refractivity contribution in [1.82, 2.24) is 20.9 Å². The third kappa shape index (κ3) is 10.6. The smallest absolute Gasteiger partial charge is 0.251 e. The number of nitrogens with one attached hydrogen (secondary N) is 3. The number of hydrogen-bond donors (Lipinski definition) is 3. The van der Waals surface area contributed by atoms with Crippen molar-refractivity contribution in [2.75, 3.05) is 54.0 Å². The summed E-state index contributed by atoms with van der Waals surface area (Å²) in [6.45, 7) is 6.06. The van der Waals surface area contributed by atoms with E-state index < -0.39 is 0 Å². The van der Waals surface area contributed by atoms with E-state index in [1.807, 2.05) is 50.2 Å². The maximum Gasteiger partial charge on any atom is 0.251 e. The van der Waals surface area contributed by atoms with Crippen LogP contribution in [0, 0.1) is 0 Å². The van der Waals surface area contributed by atoms with Crippen molar-refractivity contribution in [2.45, 2.75) is 13.5 Å². The lowest BCUT2D eigenvalue weighted by Crippen LogP contribution is -2.38. The van der Waals surface area contributed by atoms with Crippen molar-refractivity contribution in [3.05, 3.63) is 35.4 Å². The van der Waals surface area contributed by atoms with Gasteiger partial charge in [-0.05, 0) is 38.7 Å². The van der Waals surface area contributed by atoms with E-state index in [9.17, 15) is 4.79 Å². The number of aliphatic imine (C=N–C) groups is 1. The Morgan fingerprint density at radius 3 is 2.62 bits per heavy atom. The Morgan fingerprint density at radius 2 is 1.96 bits per heavy atom. The summed E-state index contributed by atoms with van der Waals surface area (Å²) in [5, 5.41) is 9.31. The lowest BCUT2D eigenvalue weighted by atomic mass is 10.1. The number of benzene rings is 1. The normalized spacial score (nSPS) is 11.0. The van der Waals surface area contributed by atoms with E-state index in [2.05, 4.69) is 20.9 Å². The Bertz CT molecular complexity index is 552. The number of hydrogen-bond acceptors (Lipinski definition) is 4. The molecule has 0 atom stereocenters. The number of nitrogens with zero attached hydrogens (tertiary/aromatic N) is 2. The maximum absolute atomic E-state index is 12.2. The molecule has 0 spiro atoms. The lowest BCUT2D eigenvalue weighted by Gasteiger charge is -2.12. The Balaban J connectivity index is 0.00000625. The van der Waals surface area contributed by atoms with E-state index in [0.29, 0.717) is 31.8 Å². The fourth-order valence-electron chi connectivity index (χ4n) is 2.09. The Kier molecular flexibility index (Phi) is 14.0. The van der Waals surface area contributed by atoms with E-state index >= 15 is 0 Å². The number of rotatable bonds is 10. The molecule has 0 saturated heterocycles. The van der Waals surface area contributed by atoms with Gasteiger partial charge in [0, 0.05) is 38.9 Å². The maximum atomic E-state index is 12.2. The fourth-order valence-corrected chi connectivity index (χ4v) is 2.09. The van der Waals surface area contributed by atoms with Gasteiger partial charge in [0.05, 0.1) is 13.2 Å². The average Bonchev–Trinajstić information content (AvgIpc) is 2.59. The summed E-state index contributed by atoms with van der Waals surface area (Å²) >= 11 is 0. The second-order valence-corrected chi connectivity index (χ2v) is 5.87. The van der Waals surface area contributed by atoms with Crippen molar-refractivity contribution >= 4 is 35.8 Å². The van der Waals surface area contributed by atoms with E-state index in [1.165, 1.54) is 0 Å². The highest BCUT2D eigenvalue weighted by atomic mass is 127.